The fourth-order valence-corrected chi connectivity index (χ4v) is 4.93. The third kappa shape index (κ3) is 2.40. The number of carbonyl (C=O) groups is 1. The van der Waals surface area contributed by atoms with Crippen LogP contribution < -0.4 is 5.56 Å². The number of fused-ring (bicyclic) bond motifs is 7. The van der Waals surface area contributed by atoms with E-state index in [1.165, 1.54) is 0 Å². The van der Waals surface area contributed by atoms with Gasteiger partial charge in [-0.2, -0.15) is 0 Å². The lowest BCUT2D eigenvalue weighted by atomic mass is 9.86. The van der Waals surface area contributed by atoms with Crippen LogP contribution in [0.15, 0.2) is 47.3 Å². The van der Waals surface area contributed by atoms with Gasteiger partial charge in [-0.05, 0) is 47.0 Å². The molecule has 7 heteroatoms. The molecule has 160 valence electrons. The van der Waals surface area contributed by atoms with E-state index < -0.39 is 11.6 Å². The maximum atomic E-state index is 13.3. The van der Waals surface area contributed by atoms with E-state index >= 15 is 0 Å². The van der Waals surface area contributed by atoms with Gasteiger partial charge < -0.3 is 19.5 Å². The summed E-state index contributed by atoms with van der Waals surface area (Å²) in [5.41, 5.74) is 2.28. The van der Waals surface area contributed by atoms with Gasteiger partial charge in [0.05, 0.1) is 35.6 Å². The zero-order valence-electron chi connectivity index (χ0n) is 17.4. The summed E-state index contributed by atoms with van der Waals surface area (Å²) in [6.07, 6.45) is 0.110. The SMILES string of the molecule is CC[C@@]1(O)C(=O)OCc2c1cc1n(c2=O)Cc2cc3c(ccc4ccc(CO)cc43)nc2-1. The van der Waals surface area contributed by atoms with Gasteiger partial charge in [0.1, 0.15) is 6.61 Å². The van der Waals surface area contributed by atoms with Crippen LogP contribution in [0, 0.1) is 0 Å². The second-order valence-corrected chi connectivity index (χ2v) is 8.45. The van der Waals surface area contributed by atoms with Crippen LogP contribution in [0.1, 0.15) is 35.6 Å². The van der Waals surface area contributed by atoms with Gasteiger partial charge in [0.2, 0.25) is 0 Å². The molecule has 4 heterocycles. The fourth-order valence-electron chi connectivity index (χ4n) is 4.93. The van der Waals surface area contributed by atoms with Gasteiger partial charge in [-0.25, -0.2) is 9.78 Å². The molecule has 0 aliphatic carbocycles. The Balaban J connectivity index is 1.62. The molecular formula is C25H20N2O5. The average Bonchev–Trinajstić information content (AvgIpc) is 3.18. The van der Waals surface area contributed by atoms with Crippen LogP contribution in [-0.2, 0) is 34.9 Å². The fraction of sp³-hybridized carbons (Fsp3) is 0.240. The number of aromatic nitrogens is 2. The van der Waals surface area contributed by atoms with E-state index in [1.807, 2.05) is 36.4 Å². The largest absolute Gasteiger partial charge is 0.458 e. The van der Waals surface area contributed by atoms with E-state index in [9.17, 15) is 19.8 Å². The number of aliphatic hydroxyl groups excluding tert-OH is 1. The molecule has 2 aliphatic rings. The van der Waals surface area contributed by atoms with Crippen molar-refractivity contribution in [3.8, 4) is 11.4 Å². The van der Waals surface area contributed by atoms with Crippen molar-refractivity contribution in [1.82, 2.24) is 9.55 Å². The molecule has 2 N–H and O–H groups in total. The van der Waals surface area contributed by atoms with Gasteiger partial charge >= 0.3 is 5.97 Å². The highest BCUT2D eigenvalue weighted by Crippen LogP contribution is 2.39. The Morgan fingerprint density at radius 3 is 2.72 bits per heavy atom. The number of cyclic esters (lactones) is 1. The van der Waals surface area contributed by atoms with Crippen LogP contribution >= 0.6 is 0 Å². The third-order valence-electron chi connectivity index (χ3n) is 6.76. The molecule has 0 radical (unpaired) electrons. The van der Waals surface area contributed by atoms with Crippen LogP contribution in [0.2, 0.25) is 0 Å². The first-order valence-corrected chi connectivity index (χ1v) is 10.6. The number of carbonyl (C=O) groups excluding carboxylic acids is 1. The Kier molecular flexibility index (Phi) is 3.88. The smallest absolute Gasteiger partial charge is 0.343 e. The minimum Gasteiger partial charge on any atom is -0.458 e. The van der Waals surface area contributed by atoms with Crippen molar-refractivity contribution in [1.29, 1.82) is 0 Å². The standard InChI is InChI=1S/C25H20N2O5/c1-2-25(31)19-9-21-22-15(10-27(21)23(29)18(19)12-32-24(25)30)8-17-16-7-13(11-28)3-4-14(16)5-6-20(17)26-22/h3-9,28,31H,2,10-12H2,1H3/t25-/m0/s1. The van der Waals surface area contributed by atoms with Crippen molar-refractivity contribution in [3.63, 3.8) is 0 Å². The summed E-state index contributed by atoms with van der Waals surface area (Å²) in [6, 6.07) is 13.5. The van der Waals surface area contributed by atoms with Crippen molar-refractivity contribution >= 4 is 27.6 Å². The number of benzene rings is 2. The molecule has 0 saturated heterocycles. The third-order valence-corrected chi connectivity index (χ3v) is 6.76. The molecule has 7 nitrogen and oxygen atoms in total. The van der Waals surface area contributed by atoms with Gasteiger partial charge in [0.25, 0.3) is 5.56 Å². The summed E-state index contributed by atoms with van der Waals surface area (Å²) >= 11 is 0. The molecule has 2 aromatic heterocycles. The monoisotopic (exact) mass is 428 g/mol. The van der Waals surface area contributed by atoms with E-state index in [2.05, 4.69) is 0 Å². The van der Waals surface area contributed by atoms with Crippen LogP contribution in [0.3, 0.4) is 0 Å². The van der Waals surface area contributed by atoms with Gasteiger partial charge in [-0.1, -0.05) is 25.1 Å². The molecule has 32 heavy (non-hydrogen) atoms. The molecule has 2 aromatic carbocycles. The van der Waals surface area contributed by atoms with Crippen LogP contribution in [-0.4, -0.2) is 25.7 Å². The molecule has 0 saturated carbocycles. The Labute approximate surface area is 182 Å². The maximum absolute atomic E-state index is 13.3. The van der Waals surface area contributed by atoms with E-state index in [0.717, 1.165) is 32.8 Å². The van der Waals surface area contributed by atoms with Crippen LogP contribution in [0.25, 0.3) is 33.1 Å². The van der Waals surface area contributed by atoms with Crippen molar-refractivity contribution in [3.05, 3.63) is 75.1 Å². The molecule has 6 rings (SSSR count). The predicted molar refractivity (Wildman–Crippen MR) is 118 cm³/mol. The lowest BCUT2D eigenvalue weighted by Gasteiger charge is -2.31. The first kappa shape index (κ1) is 19.2. The van der Waals surface area contributed by atoms with Gasteiger partial charge in [0, 0.05) is 16.5 Å². The van der Waals surface area contributed by atoms with Crippen molar-refractivity contribution in [2.24, 2.45) is 0 Å². The molecule has 0 spiro atoms. The molecule has 0 amide bonds. The summed E-state index contributed by atoms with van der Waals surface area (Å²) in [6.45, 7) is 1.86. The topological polar surface area (TPSA) is 102 Å². The van der Waals surface area contributed by atoms with E-state index in [0.29, 0.717) is 29.1 Å². The molecular weight excluding hydrogens is 408 g/mol. The van der Waals surface area contributed by atoms with E-state index in [1.54, 1.807) is 17.6 Å². The molecule has 0 bridgehead atoms. The maximum Gasteiger partial charge on any atom is 0.343 e. The number of hydrogen-bond acceptors (Lipinski definition) is 6. The summed E-state index contributed by atoms with van der Waals surface area (Å²) in [7, 11) is 0. The number of esters is 1. The molecule has 4 aromatic rings. The second-order valence-electron chi connectivity index (χ2n) is 8.45. The Morgan fingerprint density at radius 2 is 1.94 bits per heavy atom. The minimum atomic E-state index is -1.83. The predicted octanol–water partition coefficient (Wildman–Crippen LogP) is 2.73. The number of pyridine rings is 2. The summed E-state index contributed by atoms with van der Waals surface area (Å²) < 4.78 is 6.75. The van der Waals surface area contributed by atoms with E-state index in [4.69, 9.17) is 9.72 Å². The number of hydrogen-bond donors (Lipinski definition) is 2. The highest BCUT2D eigenvalue weighted by molar-refractivity contribution is 6.07. The van der Waals surface area contributed by atoms with Crippen LogP contribution in [0.5, 0.6) is 0 Å². The number of rotatable bonds is 2. The zero-order valence-corrected chi connectivity index (χ0v) is 17.4. The highest BCUT2D eigenvalue weighted by atomic mass is 16.6. The van der Waals surface area contributed by atoms with Crippen molar-refractivity contribution in [2.45, 2.75) is 38.7 Å². The molecule has 0 unspecified atom stereocenters. The van der Waals surface area contributed by atoms with E-state index in [-0.39, 0.29) is 25.2 Å². The van der Waals surface area contributed by atoms with Crippen molar-refractivity contribution in [2.75, 3.05) is 0 Å². The first-order chi connectivity index (χ1) is 15.4. The molecule has 1 atom stereocenters. The summed E-state index contributed by atoms with van der Waals surface area (Å²) in [5, 5.41) is 23.5. The quantitative estimate of drug-likeness (QED) is 0.331. The lowest BCUT2D eigenvalue weighted by Crippen LogP contribution is -2.44. The second kappa shape index (κ2) is 6.48. The van der Waals surface area contributed by atoms with Gasteiger partial charge in [-0.15, -0.1) is 0 Å². The first-order valence-electron chi connectivity index (χ1n) is 10.6. The highest BCUT2D eigenvalue weighted by Gasteiger charge is 2.45. The number of ether oxygens (including phenoxy) is 1. The Bertz CT molecular complexity index is 1540. The number of nitrogens with zero attached hydrogens (tertiary/aromatic N) is 2. The van der Waals surface area contributed by atoms with Crippen molar-refractivity contribution < 1.29 is 19.7 Å². The average molecular weight is 428 g/mol. The normalized spacial score (nSPS) is 19.0. The molecule has 2 aliphatic heterocycles. The Hall–Kier alpha value is -3.55. The summed E-state index contributed by atoms with van der Waals surface area (Å²) in [5.74, 6) is -0.729. The number of aliphatic hydroxyl groups is 2. The van der Waals surface area contributed by atoms with Crippen LogP contribution in [0.4, 0.5) is 0 Å². The van der Waals surface area contributed by atoms with Gasteiger partial charge in [0.15, 0.2) is 5.60 Å². The van der Waals surface area contributed by atoms with Gasteiger partial charge in [-0.3, -0.25) is 4.79 Å². The Morgan fingerprint density at radius 1 is 1.12 bits per heavy atom. The lowest BCUT2D eigenvalue weighted by molar-refractivity contribution is -0.172. The molecule has 0 fully saturated rings. The minimum absolute atomic E-state index is 0.0434. The summed E-state index contributed by atoms with van der Waals surface area (Å²) in [4.78, 5) is 30.4. The zero-order chi connectivity index (χ0) is 22.2.